The van der Waals surface area contributed by atoms with Gasteiger partial charge in [-0.15, -0.1) is 0 Å². The molecule has 106 valence electrons. The number of ether oxygens (including phenoxy) is 1. The molecule has 0 heterocycles. The normalized spacial score (nSPS) is 25.0. The van der Waals surface area contributed by atoms with Gasteiger partial charge in [0.25, 0.3) is 0 Å². The molecule has 1 saturated carbocycles. The summed E-state index contributed by atoms with van der Waals surface area (Å²) in [6, 6.07) is 9.13. The van der Waals surface area contributed by atoms with E-state index in [1.807, 2.05) is 19.1 Å². The smallest absolute Gasteiger partial charge is 0.119 e. The topological polar surface area (TPSA) is 41.5 Å². The van der Waals surface area contributed by atoms with Crippen molar-refractivity contribution < 1.29 is 9.84 Å². The summed E-state index contributed by atoms with van der Waals surface area (Å²) in [5.41, 5.74) is 1.26. The van der Waals surface area contributed by atoms with Crippen LogP contribution in [0.4, 0.5) is 0 Å². The fraction of sp³-hybridized carbons (Fsp3) is 0.625. The van der Waals surface area contributed by atoms with E-state index in [1.165, 1.54) is 5.56 Å². The van der Waals surface area contributed by atoms with Crippen LogP contribution in [-0.2, 0) is 0 Å². The third kappa shape index (κ3) is 4.22. The molecule has 1 aromatic rings. The Bertz CT molecular complexity index is 386. The summed E-state index contributed by atoms with van der Waals surface area (Å²) in [4.78, 5) is 0. The lowest BCUT2D eigenvalue weighted by Gasteiger charge is -2.29. The minimum absolute atomic E-state index is 0.0883. The molecule has 0 saturated heterocycles. The molecule has 0 radical (unpaired) electrons. The average molecular weight is 263 g/mol. The fourth-order valence-corrected chi connectivity index (χ4v) is 2.73. The molecule has 0 aliphatic heterocycles. The zero-order chi connectivity index (χ0) is 13.7. The van der Waals surface area contributed by atoms with Crippen LogP contribution in [0.25, 0.3) is 0 Å². The maximum absolute atomic E-state index is 9.53. The van der Waals surface area contributed by atoms with E-state index in [0.29, 0.717) is 18.7 Å². The number of rotatable bonds is 5. The van der Waals surface area contributed by atoms with Crippen LogP contribution in [-0.4, -0.2) is 23.9 Å². The molecule has 0 bridgehead atoms. The fourth-order valence-electron chi connectivity index (χ4n) is 2.73. The van der Waals surface area contributed by atoms with Crippen LogP contribution >= 0.6 is 0 Å². The van der Waals surface area contributed by atoms with Crippen molar-refractivity contribution in [1.82, 2.24) is 5.32 Å². The third-order valence-electron chi connectivity index (χ3n) is 3.85. The van der Waals surface area contributed by atoms with Crippen molar-refractivity contribution in [1.29, 1.82) is 0 Å². The first-order valence-corrected chi connectivity index (χ1v) is 7.36. The van der Waals surface area contributed by atoms with Crippen molar-refractivity contribution in [3.05, 3.63) is 29.8 Å². The molecule has 1 atom stereocenters. The van der Waals surface area contributed by atoms with E-state index >= 15 is 0 Å². The number of hydrogen-bond donors (Lipinski definition) is 2. The molecule has 2 N–H and O–H groups in total. The van der Waals surface area contributed by atoms with Crippen LogP contribution in [0.3, 0.4) is 0 Å². The van der Waals surface area contributed by atoms with Crippen LogP contribution < -0.4 is 10.1 Å². The van der Waals surface area contributed by atoms with Gasteiger partial charge in [0.1, 0.15) is 5.75 Å². The van der Waals surface area contributed by atoms with Crippen molar-refractivity contribution in [2.24, 2.45) is 0 Å². The lowest BCUT2D eigenvalue weighted by Crippen LogP contribution is -2.36. The van der Waals surface area contributed by atoms with Crippen LogP contribution in [0.5, 0.6) is 5.75 Å². The van der Waals surface area contributed by atoms with Crippen LogP contribution in [0.1, 0.15) is 51.1 Å². The van der Waals surface area contributed by atoms with Gasteiger partial charge >= 0.3 is 0 Å². The molecule has 1 unspecified atom stereocenters. The number of benzene rings is 1. The second-order valence-electron chi connectivity index (χ2n) is 5.40. The number of aliphatic hydroxyl groups is 1. The highest BCUT2D eigenvalue weighted by Gasteiger charge is 2.20. The van der Waals surface area contributed by atoms with E-state index in [4.69, 9.17) is 4.74 Å². The Morgan fingerprint density at radius 3 is 2.74 bits per heavy atom. The van der Waals surface area contributed by atoms with Crippen molar-refractivity contribution in [2.75, 3.05) is 6.61 Å². The zero-order valence-corrected chi connectivity index (χ0v) is 11.9. The summed E-state index contributed by atoms with van der Waals surface area (Å²) in [5, 5.41) is 13.2. The first-order valence-electron chi connectivity index (χ1n) is 7.36. The van der Waals surface area contributed by atoms with Gasteiger partial charge < -0.3 is 15.2 Å². The molecule has 1 fully saturated rings. The molecular weight excluding hydrogens is 238 g/mol. The Kier molecular flexibility index (Phi) is 5.23. The molecule has 0 amide bonds. The Morgan fingerprint density at radius 2 is 2.05 bits per heavy atom. The van der Waals surface area contributed by atoms with Crippen molar-refractivity contribution in [3.8, 4) is 5.75 Å². The van der Waals surface area contributed by atoms with Crippen molar-refractivity contribution >= 4 is 0 Å². The largest absolute Gasteiger partial charge is 0.494 e. The van der Waals surface area contributed by atoms with Crippen LogP contribution in [0.15, 0.2) is 24.3 Å². The number of nitrogens with one attached hydrogen (secondary N) is 1. The maximum Gasteiger partial charge on any atom is 0.119 e. The van der Waals surface area contributed by atoms with E-state index in [2.05, 4.69) is 24.4 Å². The molecule has 2 rings (SSSR count). The monoisotopic (exact) mass is 263 g/mol. The molecule has 1 aliphatic rings. The van der Waals surface area contributed by atoms with E-state index in [0.717, 1.165) is 31.4 Å². The molecule has 1 aliphatic carbocycles. The average Bonchev–Trinajstić information content (AvgIpc) is 2.42. The van der Waals surface area contributed by atoms with Crippen molar-refractivity contribution in [3.63, 3.8) is 0 Å². The van der Waals surface area contributed by atoms with Gasteiger partial charge in [-0.2, -0.15) is 0 Å². The molecule has 0 aromatic heterocycles. The Labute approximate surface area is 116 Å². The van der Waals surface area contributed by atoms with Crippen molar-refractivity contribution in [2.45, 2.75) is 57.7 Å². The summed E-state index contributed by atoms with van der Waals surface area (Å²) >= 11 is 0. The van der Waals surface area contributed by atoms with Gasteiger partial charge in [0.05, 0.1) is 12.7 Å². The molecular formula is C16H25NO2. The summed E-state index contributed by atoms with van der Waals surface area (Å²) in [6.45, 7) is 4.89. The summed E-state index contributed by atoms with van der Waals surface area (Å²) in [6.07, 6.45) is 3.88. The second-order valence-corrected chi connectivity index (χ2v) is 5.40. The molecule has 3 heteroatoms. The van der Waals surface area contributed by atoms with Crippen LogP contribution in [0, 0.1) is 0 Å². The first kappa shape index (κ1) is 14.4. The molecule has 1 aromatic carbocycles. The molecule has 19 heavy (non-hydrogen) atoms. The van der Waals surface area contributed by atoms with E-state index in [9.17, 15) is 5.11 Å². The summed E-state index contributed by atoms with van der Waals surface area (Å²) in [5.74, 6) is 0.938. The standard InChI is InChI=1S/C16H25NO2/c1-3-19-16-6-4-5-13(11-16)12(2)17-14-7-9-15(18)10-8-14/h4-6,11-12,14-15,17-18H,3,7-10H2,1-2H3. The Hall–Kier alpha value is -1.06. The maximum atomic E-state index is 9.53. The van der Waals surface area contributed by atoms with Gasteiger partial charge in [0.15, 0.2) is 0 Å². The predicted molar refractivity (Wildman–Crippen MR) is 77.4 cm³/mol. The van der Waals surface area contributed by atoms with Gasteiger partial charge in [-0.05, 0) is 57.2 Å². The Balaban J connectivity index is 1.91. The van der Waals surface area contributed by atoms with Gasteiger partial charge in [0, 0.05) is 12.1 Å². The van der Waals surface area contributed by atoms with Gasteiger partial charge in [-0.3, -0.25) is 0 Å². The van der Waals surface area contributed by atoms with E-state index in [-0.39, 0.29) is 6.10 Å². The lowest BCUT2D eigenvalue weighted by molar-refractivity contribution is 0.114. The second kappa shape index (κ2) is 6.92. The lowest BCUT2D eigenvalue weighted by atomic mass is 9.92. The van der Waals surface area contributed by atoms with Gasteiger partial charge in [-0.25, -0.2) is 0 Å². The minimum atomic E-state index is -0.0883. The van der Waals surface area contributed by atoms with Gasteiger partial charge in [0.2, 0.25) is 0 Å². The highest BCUT2D eigenvalue weighted by atomic mass is 16.5. The molecule has 0 spiro atoms. The van der Waals surface area contributed by atoms with E-state index in [1.54, 1.807) is 0 Å². The Morgan fingerprint density at radius 1 is 1.32 bits per heavy atom. The predicted octanol–water partition coefficient (Wildman–Crippen LogP) is 3.04. The number of aliphatic hydroxyl groups excluding tert-OH is 1. The molecule has 3 nitrogen and oxygen atoms in total. The SMILES string of the molecule is CCOc1cccc(C(C)NC2CCC(O)CC2)c1. The summed E-state index contributed by atoms with van der Waals surface area (Å²) in [7, 11) is 0. The highest BCUT2D eigenvalue weighted by Crippen LogP contribution is 2.23. The van der Waals surface area contributed by atoms with Crippen LogP contribution in [0.2, 0.25) is 0 Å². The minimum Gasteiger partial charge on any atom is -0.494 e. The first-order chi connectivity index (χ1) is 9.19. The third-order valence-corrected chi connectivity index (χ3v) is 3.85. The summed E-state index contributed by atoms with van der Waals surface area (Å²) < 4.78 is 5.54. The van der Waals surface area contributed by atoms with E-state index < -0.39 is 0 Å². The zero-order valence-electron chi connectivity index (χ0n) is 11.9. The highest BCUT2D eigenvalue weighted by molar-refractivity contribution is 5.30. The van der Waals surface area contributed by atoms with Gasteiger partial charge in [-0.1, -0.05) is 12.1 Å². The number of hydrogen-bond acceptors (Lipinski definition) is 3. The quantitative estimate of drug-likeness (QED) is 0.858.